The van der Waals surface area contributed by atoms with E-state index in [0.29, 0.717) is 5.69 Å². The minimum atomic E-state index is -0.896. The fraction of sp³-hybridized carbons (Fsp3) is 0.318. The van der Waals surface area contributed by atoms with Crippen molar-refractivity contribution in [2.45, 2.75) is 18.2 Å². The normalized spacial score (nSPS) is 15.8. The van der Waals surface area contributed by atoms with Gasteiger partial charge in [0.1, 0.15) is 17.3 Å². The van der Waals surface area contributed by atoms with Crippen LogP contribution in [0.3, 0.4) is 0 Å². The van der Waals surface area contributed by atoms with E-state index in [1.165, 1.54) is 11.0 Å². The van der Waals surface area contributed by atoms with Crippen LogP contribution in [-0.4, -0.2) is 48.5 Å². The van der Waals surface area contributed by atoms with Crippen molar-refractivity contribution >= 4 is 40.9 Å². The van der Waals surface area contributed by atoms with E-state index in [1.54, 1.807) is 23.6 Å². The third-order valence-corrected chi connectivity index (χ3v) is 5.86. The molecular formula is C22H23F2N3O3S. The molecule has 1 aliphatic rings. The SMILES string of the molecule is CCN(CC(=O)Nc1c(F)cccc1F)C(=O)[C@H]1CC(=O)N(c2ccc(SC)cc2)C1. The molecule has 2 aromatic rings. The molecule has 1 aliphatic heterocycles. The number of amides is 3. The molecular weight excluding hydrogens is 424 g/mol. The van der Waals surface area contributed by atoms with Crippen LogP contribution in [0.25, 0.3) is 0 Å². The van der Waals surface area contributed by atoms with Gasteiger partial charge in [-0.15, -0.1) is 11.8 Å². The summed E-state index contributed by atoms with van der Waals surface area (Å²) in [7, 11) is 0. The van der Waals surface area contributed by atoms with Crippen LogP contribution in [-0.2, 0) is 14.4 Å². The van der Waals surface area contributed by atoms with Gasteiger partial charge in [-0.2, -0.15) is 0 Å². The van der Waals surface area contributed by atoms with Gasteiger partial charge in [-0.3, -0.25) is 14.4 Å². The van der Waals surface area contributed by atoms with Crippen molar-refractivity contribution in [3.63, 3.8) is 0 Å². The zero-order valence-corrected chi connectivity index (χ0v) is 18.0. The number of nitrogens with one attached hydrogen (secondary N) is 1. The number of halogens is 2. The largest absolute Gasteiger partial charge is 0.333 e. The molecule has 1 heterocycles. The predicted molar refractivity (Wildman–Crippen MR) is 116 cm³/mol. The van der Waals surface area contributed by atoms with Crippen LogP contribution in [0.4, 0.5) is 20.2 Å². The molecule has 1 N–H and O–H groups in total. The van der Waals surface area contributed by atoms with E-state index in [-0.39, 0.29) is 37.9 Å². The van der Waals surface area contributed by atoms with Gasteiger partial charge in [-0.05, 0) is 49.6 Å². The molecule has 3 amide bonds. The molecule has 0 bridgehead atoms. The number of hydrogen-bond donors (Lipinski definition) is 1. The summed E-state index contributed by atoms with van der Waals surface area (Å²) >= 11 is 1.59. The van der Waals surface area contributed by atoms with Gasteiger partial charge in [0, 0.05) is 30.1 Å². The number of benzene rings is 2. The number of anilines is 2. The maximum atomic E-state index is 13.7. The average molecular weight is 448 g/mol. The van der Waals surface area contributed by atoms with Crippen LogP contribution in [0.5, 0.6) is 0 Å². The summed E-state index contributed by atoms with van der Waals surface area (Å²) in [5.41, 5.74) is 0.167. The number of carbonyl (C=O) groups is 3. The monoisotopic (exact) mass is 447 g/mol. The lowest BCUT2D eigenvalue weighted by Crippen LogP contribution is -2.42. The second-order valence-corrected chi connectivity index (χ2v) is 7.98. The molecule has 3 rings (SSSR count). The quantitative estimate of drug-likeness (QED) is 0.660. The molecule has 1 atom stereocenters. The maximum Gasteiger partial charge on any atom is 0.244 e. The number of nitrogens with zero attached hydrogens (tertiary/aromatic N) is 2. The van der Waals surface area contributed by atoms with Gasteiger partial charge in [0.2, 0.25) is 17.7 Å². The van der Waals surface area contributed by atoms with Crippen LogP contribution in [0.15, 0.2) is 47.4 Å². The smallest absolute Gasteiger partial charge is 0.244 e. The molecule has 31 heavy (non-hydrogen) atoms. The first-order valence-corrected chi connectivity index (χ1v) is 11.0. The third kappa shape index (κ3) is 5.22. The Bertz CT molecular complexity index is 964. The topological polar surface area (TPSA) is 69.7 Å². The van der Waals surface area contributed by atoms with Crippen LogP contribution >= 0.6 is 11.8 Å². The molecule has 1 fully saturated rings. The van der Waals surface area contributed by atoms with Gasteiger partial charge in [-0.1, -0.05) is 6.07 Å². The molecule has 0 unspecified atom stereocenters. The first-order chi connectivity index (χ1) is 14.8. The Balaban J connectivity index is 1.64. The molecule has 6 nitrogen and oxygen atoms in total. The van der Waals surface area contributed by atoms with Crippen LogP contribution < -0.4 is 10.2 Å². The number of para-hydroxylation sites is 1. The minimum Gasteiger partial charge on any atom is -0.333 e. The third-order valence-electron chi connectivity index (χ3n) is 5.11. The summed E-state index contributed by atoms with van der Waals surface area (Å²) in [6.07, 6.45) is 2.00. The van der Waals surface area contributed by atoms with E-state index < -0.39 is 29.1 Å². The highest BCUT2D eigenvalue weighted by atomic mass is 32.2. The second kappa shape index (κ2) is 9.91. The second-order valence-electron chi connectivity index (χ2n) is 7.10. The standard InChI is InChI=1S/C22H23F2N3O3S/c1-3-26(13-19(28)25-21-17(23)5-4-6-18(21)24)22(30)14-11-20(29)27(12-14)15-7-9-16(31-2)10-8-15/h4-10,14H,3,11-13H2,1-2H3,(H,25,28)/t14-/m0/s1. The predicted octanol–water partition coefficient (Wildman–Crippen LogP) is 3.53. The van der Waals surface area contributed by atoms with Gasteiger partial charge in [0.05, 0.1) is 12.5 Å². The van der Waals surface area contributed by atoms with Crippen molar-refractivity contribution in [3.05, 3.63) is 54.1 Å². The Morgan fingerprint density at radius 1 is 1.16 bits per heavy atom. The minimum absolute atomic E-state index is 0.0448. The van der Waals surface area contributed by atoms with E-state index >= 15 is 0 Å². The highest BCUT2D eigenvalue weighted by Crippen LogP contribution is 2.28. The van der Waals surface area contributed by atoms with E-state index in [1.807, 2.05) is 30.5 Å². The molecule has 0 saturated carbocycles. The summed E-state index contributed by atoms with van der Waals surface area (Å²) in [5.74, 6) is -3.61. The lowest BCUT2D eigenvalue weighted by Gasteiger charge is -2.24. The van der Waals surface area contributed by atoms with Crippen molar-refractivity contribution in [2.24, 2.45) is 5.92 Å². The van der Waals surface area contributed by atoms with Gasteiger partial charge < -0.3 is 15.1 Å². The summed E-state index contributed by atoms with van der Waals surface area (Å²) in [5, 5.41) is 2.18. The molecule has 2 aromatic carbocycles. The maximum absolute atomic E-state index is 13.7. The van der Waals surface area contributed by atoms with E-state index in [4.69, 9.17) is 0 Å². The van der Waals surface area contributed by atoms with Crippen molar-refractivity contribution < 1.29 is 23.2 Å². The molecule has 164 valence electrons. The number of carbonyl (C=O) groups excluding carboxylic acids is 3. The van der Waals surface area contributed by atoms with Crippen molar-refractivity contribution in [1.82, 2.24) is 4.90 Å². The van der Waals surface area contributed by atoms with Gasteiger partial charge in [0.25, 0.3) is 0 Å². The summed E-state index contributed by atoms with van der Waals surface area (Å²) < 4.78 is 27.5. The molecule has 0 aliphatic carbocycles. The fourth-order valence-electron chi connectivity index (χ4n) is 3.46. The Morgan fingerprint density at radius 2 is 1.81 bits per heavy atom. The Labute approximate surface area is 183 Å². The zero-order valence-electron chi connectivity index (χ0n) is 17.2. The first kappa shape index (κ1) is 22.7. The molecule has 0 spiro atoms. The Hall–Kier alpha value is -2.94. The number of hydrogen-bond acceptors (Lipinski definition) is 4. The Kier molecular flexibility index (Phi) is 7.27. The lowest BCUT2D eigenvalue weighted by molar-refractivity contribution is -0.138. The zero-order chi connectivity index (χ0) is 22.5. The summed E-state index contributed by atoms with van der Waals surface area (Å²) in [6.45, 7) is 1.77. The van der Waals surface area contributed by atoms with Crippen LogP contribution in [0, 0.1) is 17.6 Å². The van der Waals surface area contributed by atoms with E-state index in [0.717, 1.165) is 17.0 Å². The first-order valence-electron chi connectivity index (χ1n) is 9.81. The lowest BCUT2D eigenvalue weighted by atomic mass is 10.1. The van der Waals surface area contributed by atoms with Crippen molar-refractivity contribution in [1.29, 1.82) is 0 Å². The Morgan fingerprint density at radius 3 is 2.39 bits per heavy atom. The summed E-state index contributed by atoms with van der Waals surface area (Å²) in [4.78, 5) is 41.6. The van der Waals surface area contributed by atoms with Crippen molar-refractivity contribution in [2.75, 3.05) is 36.1 Å². The molecule has 1 saturated heterocycles. The average Bonchev–Trinajstić information content (AvgIpc) is 3.16. The number of likely N-dealkylation sites (N-methyl/N-ethyl adjacent to an activating group) is 1. The van der Waals surface area contributed by atoms with E-state index in [2.05, 4.69) is 5.32 Å². The fourth-order valence-corrected chi connectivity index (χ4v) is 3.87. The van der Waals surface area contributed by atoms with E-state index in [9.17, 15) is 23.2 Å². The van der Waals surface area contributed by atoms with Crippen molar-refractivity contribution in [3.8, 4) is 0 Å². The molecule has 9 heteroatoms. The van der Waals surface area contributed by atoms with Gasteiger partial charge in [-0.25, -0.2) is 8.78 Å². The molecule has 0 aromatic heterocycles. The highest BCUT2D eigenvalue weighted by Gasteiger charge is 2.37. The highest BCUT2D eigenvalue weighted by molar-refractivity contribution is 7.98. The van der Waals surface area contributed by atoms with Gasteiger partial charge in [0.15, 0.2) is 0 Å². The number of thioether (sulfide) groups is 1. The number of rotatable bonds is 7. The van der Waals surface area contributed by atoms with Gasteiger partial charge >= 0.3 is 0 Å². The summed E-state index contributed by atoms with van der Waals surface area (Å²) in [6, 6.07) is 10.8. The van der Waals surface area contributed by atoms with Crippen LogP contribution in [0.2, 0.25) is 0 Å². The molecule has 0 radical (unpaired) electrons. The van der Waals surface area contributed by atoms with Crippen LogP contribution in [0.1, 0.15) is 13.3 Å².